The van der Waals surface area contributed by atoms with Gasteiger partial charge in [0.25, 0.3) is 0 Å². The van der Waals surface area contributed by atoms with Crippen molar-refractivity contribution >= 4 is 28.2 Å². The summed E-state index contributed by atoms with van der Waals surface area (Å²) >= 11 is 0. The van der Waals surface area contributed by atoms with Gasteiger partial charge < -0.3 is 14.6 Å². The summed E-state index contributed by atoms with van der Waals surface area (Å²) in [4.78, 5) is 21.7. The summed E-state index contributed by atoms with van der Waals surface area (Å²) in [6, 6.07) is 4.05. The fourth-order valence-electron chi connectivity index (χ4n) is 3.63. The van der Waals surface area contributed by atoms with Crippen LogP contribution in [0.15, 0.2) is 24.5 Å². The van der Waals surface area contributed by atoms with E-state index in [-0.39, 0.29) is 12.0 Å². The number of aromatic nitrogens is 4. The number of nitrogens with zero attached hydrogens (tertiary/aromatic N) is 4. The maximum atomic E-state index is 12.5. The highest BCUT2D eigenvalue weighted by Gasteiger charge is 2.29. The molecule has 0 aliphatic carbocycles. The average Bonchev–Trinajstić information content (AvgIpc) is 3.09. The van der Waals surface area contributed by atoms with Gasteiger partial charge in [0.05, 0.1) is 0 Å². The zero-order chi connectivity index (χ0) is 18.3. The van der Waals surface area contributed by atoms with Crippen LogP contribution >= 0.6 is 0 Å². The Morgan fingerprint density at radius 3 is 2.96 bits per heavy atom. The van der Waals surface area contributed by atoms with Crippen molar-refractivity contribution in [1.82, 2.24) is 25.1 Å². The molecule has 0 aromatic carbocycles. The number of carbonyl (C=O) groups is 1. The number of H-pyrrole nitrogens is 1. The number of hydrogen-bond donors (Lipinski definition) is 1. The van der Waals surface area contributed by atoms with Gasteiger partial charge >= 0.3 is 6.09 Å². The topological polar surface area (TPSA) is 84.0 Å². The van der Waals surface area contributed by atoms with Crippen LogP contribution in [-0.2, 0) is 4.74 Å². The van der Waals surface area contributed by atoms with E-state index in [1.165, 1.54) is 5.56 Å². The molecule has 1 amide bonds. The van der Waals surface area contributed by atoms with Crippen LogP contribution in [0.3, 0.4) is 0 Å². The molecular formula is C19H23N5O2. The Morgan fingerprint density at radius 2 is 2.15 bits per heavy atom. The number of hydrogen-bond acceptors (Lipinski definition) is 5. The average molecular weight is 353 g/mol. The molecule has 26 heavy (non-hydrogen) atoms. The molecule has 1 unspecified atom stereocenters. The van der Waals surface area contributed by atoms with Crippen molar-refractivity contribution in [2.75, 3.05) is 13.1 Å². The number of aromatic amines is 1. The van der Waals surface area contributed by atoms with E-state index in [1.54, 1.807) is 6.20 Å². The Morgan fingerprint density at radius 1 is 1.31 bits per heavy atom. The second-order valence-electron chi connectivity index (χ2n) is 7.80. The van der Waals surface area contributed by atoms with Crippen molar-refractivity contribution in [2.45, 2.75) is 45.1 Å². The lowest BCUT2D eigenvalue weighted by Gasteiger charge is -2.34. The number of piperidine rings is 1. The number of pyridine rings is 1. The van der Waals surface area contributed by atoms with E-state index in [4.69, 9.17) is 4.74 Å². The number of ether oxygens (including phenoxy) is 1. The lowest BCUT2D eigenvalue weighted by molar-refractivity contribution is 0.0198. The summed E-state index contributed by atoms with van der Waals surface area (Å²) in [5.41, 5.74) is 2.09. The Balaban J connectivity index is 1.69. The Hall–Kier alpha value is -2.70. The van der Waals surface area contributed by atoms with Gasteiger partial charge in [-0.25, -0.2) is 9.78 Å². The number of amides is 1. The highest BCUT2D eigenvalue weighted by atomic mass is 16.6. The minimum atomic E-state index is -0.485. The number of carbonyl (C=O) groups excluding carboxylic acids is 1. The summed E-state index contributed by atoms with van der Waals surface area (Å²) < 4.78 is 5.56. The summed E-state index contributed by atoms with van der Waals surface area (Å²) in [5, 5.41) is 10.5. The third-order valence-corrected chi connectivity index (χ3v) is 4.71. The molecular weight excluding hydrogens is 330 g/mol. The lowest BCUT2D eigenvalue weighted by atomic mass is 9.88. The summed E-state index contributed by atoms with van der Waals surface area (Å²) in [7, 11) is 0. The van der Waals surface area contributed by atoms with Crippen molar-refractivity contribution in [1.29, 1.82) is 0 Å². The molecule has 136 valence electrons. The maximum absolute atomic E-state index is 12.5. The van der Waals surface area contributed by atoms with E-state index in [0.29, 0.717) is 12.2 Å². The van der Waals surface area contributed by atoms with Gasteiger partial charge in [-0.2, -0.15) is 0 Å². The fraction of sp³-hybridized carbons (Fsp3) is 0.474. The van der Waals surface area contributed by atoms with Crippen molar-refractivity contribution in [3.05, 3.63) is 30.1 Å². The fourth-order valence-corrected chi connectivity index (χ4v) is 3.63. The van der Waals surface area contributed by atoms with Crippen LogP contribution in [-0.4, -0.2) is 49.8 Å². The van der Waals surface area contributed by atoms with Crippen LogP contribution in [0.2, 0.25) is 0 Å². The van der Waals surface area contributed by atoms with Crippen LogP contribution in [0.1, 0.15) is 45.1 Å². The van der Waals surface area contributed by atoms with Crippen LogP contribution in [0.25, 0.3) is 22.1 Å². The van der Waals surface area contributed by atoms with E-state index in [2.05, 4.69) is 26.2 Å². The molecule has 4 rings (SSSR count). The number of likely N-dealkylation sites (tertiary alicyclic amines) is 1. The minimum Gasteiger partial charge on any atom is -0.444 e. The van der Waals surface area contributed by atoms with Gasteiger partial charge in [-0.1, -0.05) is 0 Å². The van der Waals surface area contributed by atoms with E-state index in [1.807, 2.05) is 37.9 Å². The zero-order valence-electron chi connectivity index (χ0n) is 15.3. The molecule has 1 fully saturated rings. The third kappa shape index (κ3) is 3.09. The van der Waals surface area contributed by atoms with Gasteiger partial charge in [0.1, 0.15) is 5.60 Å². The first-order valence-electron chi connectivity index (χ1n) is 8.99. The van der Waals surface area contributed by atoms with E-state index < -0.39 is 5.60 Å². The Kier molecular flexibility index (Phi) is 4.01. The van der Waals surface area contributed by atoms with Gasteiger partial charge in [-0.3, -0.25) is 0 Å². The zero-order valence-corrected chi connectivity index (χ0v) is 15.3. The third-order valence-electron chi connectivity index (χ3n) is 4.71. The van der Waals surface area contributed by atoms with E-state index in [9.17, 15) is 4.79 Å². The summed E-state index contributed by atoms with van der Waals surface area (Å²) in [5.74, 6) is 0.232. The summed E-state index contributed by atoms with van der Waals surface area (Å²) in [6.07, 6.45) is 5.38. The first-order valence-corrected chi connectivity index (χ1v) is 8.99. The predicted molar refractivity (Wildman–Crippen MR) is 99.0 cm³/mol. The van der Waals surface area contributed by atoms with Crippen molar-refractivity contribution in [2.24, 2.45) is 0 Å². The Labute approximate surface area is 151 Å². The molecule has 3 aromatic rings. The maximum Gasteiger partial charge on any atom is 0.410 e. The van der Waals surface area contributed by atoms with Gasteiger partial charge in [0.15, 0.2) is 11.3 Å². The smallest absolute Gasteiger partial charge is 0.410 e. The van der Waals surface area contributed by atoms with Gasteiger partial charge in [0.2, 0.25) is 0 Å². The standard InChI is InChI=1S/C19H23N5O2/c1-19(2,3)26-18(25)24-10-4-5-12(11-24)13-6-8-21-17-15(13)14-7-9-20-16(14)22-23-17/h6-9,12H,4-5,10-11H2,1-3H3,(H,21,23). The highest BCUT2D eigenvalue weighted by Crippen LogP contribution is 2.34. The Bertz CT molecular complexity index is 959. The van der Waals surface area contributed by atoms with E-state index in [0.717, 1.165) is 35.8 Å². The molecule has 0 radical (unpaired) electrons. The molecule has 3 aromatic heterocycles. The van der Waals surface area contributed by atoms with Gasteiger partial charge in [0, 0.05) is 42.2 Å². The molecule has 4 heterocycles. The van der Waals surface area contributed by atoms with Crippen LogP contribution in [0.4, 0.5) is 4.79 Å². The molecule has 0 bridgehead atoms. The molecule has 7 heteroatoms. The van der Waals surface area contributed by atoms with Crippen molar-refractivity contribution in [3.8, 4) is 0 Å². The monoisotopic (exact) mass is 353 g/mol. The molecule has 0 spiro atoms. The second-order valence-corrected chi connectivity index (χ2v) is 7.80. The van der Waals surface area contributed by atoms with E-state index >= 15 is 0 Å². The molecule has 1 atom stereocenters. The van der Waals surface area contributed by atoms with Gasteiger partial charge in [-0.15, -0.1) is 10.2 Å². The second kappa shape index (κ2) is 6.23. The lowest BCUT2D eigenvalue weighted by Crippen LogP contribution is -2.42. The molecule has 7 nitrogen and oxygen atoms in total. The SMILES string of the molecule is CC(C)(C)OC(=O)N1CCCC(c2cc[nH]c3nnc4nccc4c23)C1. The summed E-state index contributed by atoms with van der Waals surface area (Å²) in [6.45, 7) is 7.06. The van der Waals surface area contributed by atoms with Crippen LogP contribution in [0, 0.1) is 0 Å². The predicted octanol–water partition coefficient (Wildman–Crippen LogP) is 3.62. The minimum absolute atomic E-state index is 0.232. The number of nitrogens with one attached hydrogen (secondary N) is 1. The highest BCUT2D eigenvalue weighted by molar-refractivity contribution is 6.03. The first-order chi connectivity index (χ1) is 12.4. The van der Waals surface area contributed by atoms with Crippen molar-refractivity contribution < 1.29 is 9.53 Å². The molecule has 1 aliphatic rings. The molecule has 0 saturated carbocycles. The van der Waals surface area contributed by atoms with Gasteiger partial charge in [-0.05, 0) is 51.3 Å². The number of rotatable bonds is 1. The molecule has 1 N–H and O–H groups in total. The quantitative estimate of drug-likeness (QED) is 0.722. The molecule has 1 aliphatic heterocycles. The number of fused-ring (bicyclic) bond motifs is 3. The largest absolute Gasteiger partial charge is 0.444 e. The normalized spacial score (nSPS) is 18.4. The van der Waals surface area contributed by atoms with Crippen LogP contribution < -0.4 is 0 Å². The first kappa shape index (κ1) is 16.8. The molecule has 1 saturated heterocycles. The van der Waals surface area contributed by atoms with Crippen LogP contribution in [0.5, 0.6) is 0 Å². The van der Waals surface area contributed by atoms with Crippen molar-refractivity contribution in [3.63, 3.8) is 0 Å².